The first-order valence-corrected chi connectivity index (χ1v) is 36.6. The van der Waals surface area contributed by atoms with Gasteiger partial charge >= 0.3 is 24.1 Å². The molecule has 0 bridgehead atoms. The predicted octanol–water partition coefficient (Wildman–Crippen LogP) is 9.82. The number of hydrazone groups is 2. The summed E-state index contributed by atoms with van der Waals surface area (Å²) in [6.45, 7) is 10.7. The number of ketones is 2. The van der Waals surface area contributed by atoms with Gasteiger partial charge in [-0.25, -0.2) is 40.4 Å². The van der Waals surface area contributed by atoms with Crippen molar-refractivity contribution in [3.8, 4) is 0 Å². The number of amides is 2. The Morgan fingerprint density at radius 1 is 0.505 bits per heavy atom. The molecule has 0 saturated carbocycles. The molecule has 8 aromatic rings. The smallest absolute Gasteiger partial charge is 0.427 e. The minimum atomic E-state index is -3.67. The number of nitrogens with one attached hydrogen (secondary N) is 6. The van der Waals surface area contributed by atoms with Gasteiger partial charge in [-0.05, 0) is 123 Å². The largest absolute Gasteiger partial charge is 0.466 e. The number of anilines is 4. The number of carbonyl (C=O) groups excluding carboxylic acids is 6. The van der Waals surface area contributed by atoms with Gasteiger partial charge in [0.1, 0.15) is 23.3 Å². The van der Waals surface area contributed by atoms with Crippen LogP contribution in [0.25, 0.3) is 22.1 Å². The summed E-state index contributed by atoms with van der Waals surface area (Å²) in [5, 5.41) is 20.8. The molecule has 2 amide bonds. The van der Waals surface area contributed by atoms with Crippen LogP contribution in [-0.2, 0) is 76.0 Å². The second-order valence-corrected chi connectivity index (χ2v) is 25.5. The third kappa shape index (κ3) is 31.8. The van der Waals surface area contributed by atoms with Crippen molar-refractivity contribution in [3.05, 3.63) is 167 Å². The van der Waals surface area contributed by atoms with Crippen molar-refractivity contribution in [1.29, 1.82) is 0 Å². The average Bonchev–Trinajstić information content (AvgIpc) is 1.68. The van der Waals surface area contributed by atoms with E-state index in [1.54, 1.807) is 87.2 Å². The lowest BCUT2D eigenvalue weighted by atomic mass is 10.0. The number of unbranched alkanes of at least 4 members (excludes halogenated alkanes) is 6. The Morgan fingerprint density at radius 2 is 0.874 bits per heavy atom. The molecule has 0 saturated heterocycles. The predicted molar refractivity (Wildman–Crippen MR) is 395 cm³/mol. The van der Waals surface area contributed by atoms with Crippen LogP contribution in [0.2, 0.25) is 0 Å². The molecule has 0 fully saturated rings. The molecule has 0 aliphatic rings. The van der Waals surface area contributed by atoms with Gasteiger partial charge in [-0.1, -0.05) is 76.6 Å². The molecule has 0 spiro atoms. The third-order valence-electron chi connectivity index (χ3n) is 14.4. The molecule has 4 heterocycles. The van der Waals surface area contributed by atoms with Crippen LogP contribution in [0.4, 0.5) is 32.6 Å². The van der Waals surface area contributed by atoms with Crippen LogP contribution >= 0.6 is 0 Å². The van der Waals surface area contributed by atoms with E-state index in [9.17, 15) is 45.6 Å². The van der Waals surface area contributed by atoms with E-state index in [0.717, 1.165) is 96.6 Å². The summed E-state index contributed by atoms with van der Waals surface area (Å²) >= 11 is 0. The summed E-state index contributed by atoms with van der Waals surface area (Å²) in [6, 6.07) is 32.9. The first-order valence-electron chi connectivity index (χ1n) is 32.9. The van der Waals surface area contributed by atoms with Crippen molar-refractivity contribution in [2.75, 3.05) is 73.3 Å². The highest BCUT2D eigenvalue weighted by molar-refractivity contribution is 7.85. The van der Waals surface area contributed by atoms with Crippen LogP contribution in [0, 0.1) is 0 Å². The fraction of sp³-hybridized carbons (Fsp3) is 0.371. The second kappa shape index (κ2) is 44.5. The molecule has 31 nitrogen and oxygen atoms in total. The maximum atomic E-state index is 13.5. The molecule has 0 aliphatic carbocycles. The van der Waals surface area contributed by atoms with Gasteiger partial charge in [0.25, 0.3) is 20.2 Å². The van der Waals surface area contributed by atoms with Crippen LogP contribution in [0.5, 0.6) is 0 Å². The van der Waals surface area contributed by atoms with Gasteiger partial charge in [-0.15, -0.1) is 0 Å². The Balaban J connectivity index is 0.000000382. The zero-order valence-electron chi connectivity index (χ0n) is 58.9. The monoisotopic (exact) mass is 1460 g/mol. The number of benzene rings is 4. The van der Waals surface area contributed by atoms with Crippen molar-refractivity contribution in [3.63, 3.8) is 0 Å². The molecule has 103 heavy (non-hydrogen) atoms. The quantitative estimate of drug-likeness (QED) is 0.00353. The number of nitrogens with zero attached hydrogens (tertiary/aromatic N) is 8. The first-order chi connectivity index (χ1) is 48.8. The number of hydrogen-bond donors (Lipinski definition) is 8. The molecule has 0 aliphatic heterocycles. The topological polar surface area (TPSA) is 438 Å². The normalized spacial score (nSPS) is 11.0. The van der Waals surface area contributed by atoms with Crippen molar-refractivity contribution in [2.45, 2.75) is 105 Å². The Kier molecular flexibility index (Phi) is 36.6. The van der Waals surface area contributed by atoms with Crippen LogP contribution in [-0.4, -0.2) is 161 Å². The molecule has 0 unspecified atom stereocenters. The zero-order valence-corrected chi connectivity index (χ0v) is 60.6. The number of fused-ring (bicyclic) bond motifs is 2. The van der Waals surface area contributed by atoms with Crippen LogP contribution in [0.3, 0.4) is 0 Å². The van der Waals surface area contributed by atoms with Crippen LogP contribution in [0.1, 0.15) is 147 Å². The highest BCUT2D eigenvalue weighted by Crippen LogP contribution is 2.25. The fourth-order valence-electron chi connectivity index (χ4n) is 9.41. The van der Waals surface area contributed by atoms with E-state index in [4.69, 9.17) is 38.0 Å². The number of aryl methyl sites for hydroxylation is 2. The third-order valence-corrected chi connectivity index (χ3v) is 14.4. The molecule has 0 radical (unpaired) electrons. The molecule has 8 rings (SSSR count). The first kappa shape index (κ1) is 84.7. The van der Waals surface area contributed by atoms with Gasteiger partial charge in [-0.2, -0.15) is 27.0 Å². The number of rotatable bonds is 34. The number of aromatic nitrogens is 6. The zero-order chi connectivity index (χ0) is 74.5. The summed E-state index contributed by atoms with van der Waals surface area (Å²) in [5.74, 6) is 1.39. The van der Waals surface area contributed by atoms with Crippen LogP contribution in [0.15, 0.2) is 132 Å². The molecular formula is C70H92N14O17S2. The minimum absolute atomic E-state index is 0. The van der Waals surface area contributed by atoms with Gasteiger partial charge in [0.2, 0.25) is 0 Å². The molecule has 4 aromatic carbocycles. The lowest BCUT2D eigenvalue weighted by molar-refractivity contribution is -0.143. The molecule has 556 valence electrons. The van der Waals surface area contributed by atoms with E-state index < -0.39 is 32.4 Å². The van der Waals surface area contributed by atoms with Gasteiger partial charge < -0.3 is 54.8 Å². The van der Waals surface area contributed by atoms with E-state index in [1.165, 1.54) is 0 Å². The van der Waals surface area contributed by atoms with Crippen molar-refractivity contribution in [2.24, 2.45) is 24.3 Å². The molecule has 4 aromatic heterocycles. The number of ether oxygens (including phenoxy) is 4. The van der Waals surface area contributed by atoms with E-state index in [2.05, 4.69) is 66.1 Å². The second-order valence-electron chi connectivity index (χ2n) is 22.6. The van der Waals surface area contributed by atoms with Crippen molar-refractivity contribution >= 4 is 113 Å². The number of carbonyl (C=O) groups is 6. The Hall–Kier alpha value is -10.7. The van der Waals surface area contributed by atoms with Gasteiger partial charge in [0.05, 0.1) is 110 Å². The summed E-state index contributed by atoms with van der Waals surface area (Å²) in [7, 11) is -3.47. The standard InChI is InChI=1S/2C34H41N7O5.2CH4O3S.H2O/c2*1-4-6-7-8-20-46-34(44)40-38-22-24-11-14-26(15-12-24)37-23-30-39-28-21-25(13-16-29(28)41(30)3)32(43)27-10-9-18-35-33(27)36-19-17-31(42)45-5-2;2*1-5(2,3)4;/h2*9-16,18,21-22,37H,4-8,17,19-20,23H2,1-3H3,(H,35,36)(H,40,44);2*1H3,(H,2,3,4);1H2. The maximum absolute atomic E-state index is 13.5. The average molecular weight is 1470 g/mol. The molecule has 33 heteroatoms. The van der Waals surface area contributed by atoms with Gasteiger partial charge in [0.15, 0.2) is 11.6 Å². The van der Waals surface area contributed by atoms with E-state index in [1.807, 2.05) is 83.9 Å². The molecule has 0 atom stereocenters. The Morgan fingerprint density at radius 3 is 1.22 bits per heavy atom. The van der Waals surface area contributed by atoms with Crippen molar-refractivity contribution < 1.29 is 79.1 Å². The fourth-order valence-corrected chi connectivity index (χ4v) is 9.41. The maximum Gasteiger partial charge on any atom is 0.427 e. The highest BCUT2D eigenvalue weighted by Gasteiger charge is 2.20. The van der Waals surface area contributed by atoms with E-state index in [-0.39, 0.29) is 41.8 Å². The summed E-state index contributed by atoms with van der Waals surface area (Å²) in [4.78, 5) is 91.9. The van der Waals surface area contributed by atoms with Crippen molar-refractivity contribution in [1.82, 2.24) is 39.9 Å². The summed E-state index contributed by atoms with van der Waals surface area (Å²) < 4.78 is 75.8. The number of hydrogen-bond acceptors (Lipinski definition) is 24. The highest BCUT2D eigenvalue weighted by atomic mass is 32.2. The van der Waals surface area contributed by atoms with E-state index >= 15 is 0 Å². The minimum Gasteiger partial charge on any atom is -0.466 e. The SMILES string of the molecule is CCCCCCOC(=O)NN=Cc1ccc(NCc2nc3cc(C(=O)c4cccnc4NCCC(=O)OCC)ccc3n2C)cc1.CCCCCCOC(=O)NN=Cc1ccc(NCc2nc3cc(C(=O)c4cccnc4NCCC(=O)OCC)ccc3n2C)cc1.CS(=O)(=O)O.CS(=O)(=O)O.O. The number of pyridine rings is 2. The lowest BCUT2D eigenvalue weighted by Crippen LogP contribution is -2.19. The summed E-state index contributed by atoms with van der Waals surface area (Å²) in [5.41, 5.74) is 13.1. The lowest BCUT2D eigenvalue weighted by Gasteiger charge is -2.10. The van der Waals surface area contributed by atoms with Gasteiger partial charge in [0, 0.05) is 62.1 Å². The molecular weight excluding hydrogens is 1370 g/mol. The Bertz CT molecular complexity index is 4050. The Labute approximate surface area is 598 Å². The summed E-state index contributed by atoms with van der Waals surface area (Å²) in [6.07, 6.45) is 15.2. The van der Waals surface area contributed by atoms with Crippen LogP contribution < -0.4 is 32.1 Å². The number of imidazole rings is 2. The number of esters is 2. The van der Waals surface area contributed by atoms with Gasteiger partial charge in [-0.3, -0.25) is 28.3 Å². The van der Waals surface area contributed by atoms with E-state index in [0.29, 0.717) is 110 Å². The molecule has 10 N–H and O–H groups in total.